The number of aromatic amines is 1. The third-order valence-corrected chi connectivity index (χ3v) is 6.35. The molecule has 0 radical (unpaired) electrons. The number of aromatic nitrogens is 3. The number of nitrogens with one attached hydrogen (secondary N) is 2. The summed E-state index contributed by atoms with van der Waals surface area (Å²) >= 11 is 0. The molecule has 0 aliphatic heterocycles. The first-order chi connectivity index (χ1) is 12.5. The first-order valence-electron chi connectivity index (χ1n) is 8.93. The standard InChI is InChI=1S/C18H23N5O3/c1-26-16(25)18-5-2-17(3-6-18,4-7-18)9-21-15(24)14-13-12(22-10-23-14)11(19)8-20-13/h8,10,20H,2-7,9,19H2,1H3,(H,21,24). The van der Waals surface area contributed by atoms with Crippen LogP contribution in [0.25, 0.3) is 11.0 Å². The average molecular weight is 357 g/mol. The number of nitrogens with zero attached hydrogens (tertiary/aromatic N) is 2. The molecule has 2 bridgehead atoms. The molecule has 2 aromatic heterocycles. The Kier molecular flexibility index (Phi) is 3.86. The van der Waals surface area contributed by atoms with Crippen molar-refractivity contribution in [3.63, 3.8) is 0 Å². The van der Waals surface area contributed by atoms with E-state index < -0.39 is 0 Å². The summed E-state index contributed by atoms with van der Waals surface area (Å²) in [5.41, 5.74) is 7.51. The van der Waals surface area contributed by atoms with E-state index in [2.05, 4.69) is 20.3 Å². The number of methoxy groups -OCH3 is 1. The maximum atomic E-state index is 12.7. The fraction of sp³-hybridized carbons (Fsp3) is 0.556. The number of nitrogens with two attached hydrogens (primary N) is 1. The smallest absolute Gasteiger partial charge is 0.311 e. The van der Waals surface area contributed by atoms with Crippen LogP contribution in [0.4, 0.5) is 5.69 Å². The fourth-order valence-corrected chi connectivity index (χ4v) is 4.53. The van der Waals surface area contributed by atoms with E-state index >= 15 is 0 Å². The highest BCUT2D eigenvalue weighted by Gasteiger charge is 2.53. The summed E-state index contributed by atoms with van der Waals surface area (Å²) < 4.78 is 5.00. The average Bonchev–Trinajstić information content (AvgIpc) is 3.08. The van der Waals surface area contributed by atoms with E-state index in [9.17, 15) is 9.59 Å². The number of hydrogen-bond donors (Lipinski definition) is 3. The van der Waals surface area contributed by atoms with Crippen LogP contribution in [0.3, 0.4) is 0 Å². The van der Waals surface area contributed by atoms with Crippen LogP contribution in [-0.2, 0) is 9.53 Å². The van der Waals surface area contributed by atoms with Crippen LogP contribution >= 0.6 is 0 Å². The summed E-state index contributed by atoms with van der Waals surface area (Å²) in [6, 6.07) is 0. The monoisotopic (exact) mass is 357 g/mol. The van der Waals surface area contributed by atoms with Crippen molar-refractivity contribution in [2.24, 2.45) is 10.8 Å². The number of anilines is 1. The summed E-state index contributed by atoms with van der Waals surface area (Å²) in [6.07, 6.45) is 8.25. The number of carbonyl (C=O) groups excluding carboxylic acids is 2. The van der Waals surface area contributed by atoms with E-state index in [0.717, 1.165) is 38.5 Å². The van der Waals surface area contributed by atoms with Gasteiger partial charge in [0.15, 0.2) is 5.69 Å². The molecule has 0 unspecified atom stereocenters. The van der Waals surface area contributed by atoms with Crippen LogP contribution in [0.15, 0.2) is 12.5 Å². The van der Waals surface area contributed by atoms with Crippen LogP contribution in [0.5, 0.6) is 0 Å². The van der Waals surface area contributed by atoms with Gasteiger partial charge in [-0.15, -0.1) is 0 Å². The van der Waals surface area contributed by atoms with Crippen molar-refractivity contribution in [2.75, 3.05) is 19.4 Å². The second-order valence-corrected chi connectivity index (χ2v) is 7.64. The molecular weight excluding hydrogens is 334 g/mol. The molecule has 26 heavy (non-hydrogen) atoms. The predicted molar refractivity (Wildman–Crippen MR) is 95.2 cm³/mol. The van der Waals surface area contributed by atoms with Gasteiger partial charge in [-0.25, -0.2) is 9.97 Å². The molecule has 3 saturated carbocycles. The predicted octanol–water partition coefficient (Wildman–Crippen LogP) is 1.78. The molecule has 0 spiro atoms. The van der Waals surface area contributed by atoms with E-state index in [4.69, 9.17) is 10.5 Å². The second kappa shape index (κ2) is 5.96. The van der Waals surface area contributed by atoms with Gasteiger partial charge in [0.2, 0.25) is 0 Å². The van der Waals surface area contributed by atoms with E-state index in [1.54, 1.807) is 6.20 Å². The Labute approximate surface area is 150 Å². The van der Waals surface area contributed by atoms with Crippen LogP contribution in [0.1, 0.15) is 49.0 Å². The molecular formula is C18H23N5O3. The summed E-state index contributed by atoms with van der Waals surface area (Å²) in [6.45, 7) is 0.588. The molecule has 0 atom stereocenters. The summed E-state index contributed by atoms with van der Waals surface area (Å²) in [5.74, 6) is -0.313. The maximum Gasteiger partial charge on any atom is 0.311 e. The van der Waals surface area contributed by atoms with Gasteiger partial charge in [-0.3, -0.25) is 9.59 Å². The Balaban J connectivity index is 1.45. The number of fused-ring (bicyclic) bond motifs is 4. The number of amides is 1. The van der Waals surface area contributed by atoms with Crippen molar-refractivity contribution in [1.82, 2.24) is 20.3 Å². The van der Waals surface area contributed by atoms with Gasteiger partial charge in [0.1, 0.15) is 11.8 Å². The highest BCUT2D eigenvalue weighted by Crippen LogP contribution is 2.57. The number of ether oxygens (including phenoxy) is 1. The summed E-state index contributed by atoms with van der Waals surface area (Å²) in [4.78, 5) is 36.0. The fourth-order valence-electron chi connectivity index (χ4n) is 4.53. The Bertz CT molecular complexity index is 850. The molecule has 138 valence electrons. The van der Waals surface area contributed by atoms with E-state index in [1.807, 2.05) is 0 Å². The van der Waals surface area contributed by atoms with Gasteiger partial charge in [-0.1, -0.05) is 0 Å². The molecule has 0 aromatic carbocycles. The minimum atomic E-state index is -0.304. The van der Waals surface area contributed by atoms with Crippen molar-refractivity contribution < 1.29 is 14.3 Å². The van der Waals surface area contributed by atoms with Crippen LogP contribution in [0.2, 0.25) is 0 Å². The van der Waals surface area contributed by atoms with E-state index in [-0.39, 0.29) is 22.7 Å². The second-order valence-electron chi connectivity index (χ2n) is 7.64. The Morgan fingerprint density at radius 1 is 1.23 bits per heavy atom. The Hall–Kier alpha value is -2.64. The molecule has 3 fully saturated rings. The lowest BCUT2D eigenvalue weighted by atomic mass is 9.53. The van der Waals surface area contributed by atoms with Crippen molar-refractivity contribution in [2.45, 2.75) is 38.5 Å². The highest BCUT2D eigenvalue weighted by molar-refractivity contribution is 6.05. The number of esters is 1. The minimum absolute atomic E-state index is 0.0618. The summed E-state index contributed by atoms with van der Waals surface area (Å²) in [7, 11) is 1.46. The lowest BCUT2D eigenvalue weighted by molar-refractivity contribution is -0.162. The molecule has 4 N–H and O–H groups in total. The zero-order valence-electron chi connectivity index (χ0n) is 14.8. The van der Waals surface area contributed by atoms with Crippen molar-refractivity contribution in [3.05, 3.63) is 18.2 Å². The van der Waals surface area contributed by atoms with Gasteiger partial charge in [0.05, 0.1) is 23.7 Å². The molecule has 8 nitrogen and oxygen atoms in total. The van der Waals surface area contributed by atoms with Crippen LogP contribution < -0.4 is 11.1 Å². The molecule has 3 aliphatic carbocycles. The Morgan fingerprint density at radius 2 is 1.92 bits per heavy atom. The number of nitrogen functional groups attached to an aromatic ring is 1. The van der Waals surface area contributed by atoms with Gasteiger partial charge in [0.25, 0.3) is 5.91 Å². The lowest BCUT2D eigenvalue weighted by Crippen LogP contribution is -2.50. The van der Waals surface area contributed by atoms with Gasteiger partial charge >= 0.3 is 5.97 Å². The topological polar surface area (TPSA) is 123 Å². The number of carbonyl (C=O) groups is 2. The molecule has 2 aromatic rings. The zero-order chi connectivity index (χ0) is 18.4. The van der Waals surface area contributed by atoms with Crippen LogP contribution in [-0.4, -0.2) is 40.5 Å². The molecule has 5 rings (SSSR count). The van der Waals surface area contributed by atoms with Gasteiger partial charge in [-0.2, -0.15) is 0 Å². The summed E-state index contributed by atoms with van der Waals surface area (Å²) in [5, 5.41) is 3.04. The molecule has 1 amide bonds. The quantitative estimate of drug-likeness (QED) is 0.717. The van der Waals surface area contributed by atoms with Crippen molar-refractivity contribution >= 4 is 28.6 Å². The van der Waals surface area contributed by atoms with Gasteiger partial charge in [0, 0.05) is 12.7 Å². The SMILES string of the molecule is COC(=O)C12CCC(CNC(=O)c3ncnc4c(N)c[nH]c34)(CC1)CC2. The minimum Gasteiger partial charge on any atom is -0.469 e. The number of rotatable bonds is 4. The third kappa shape index (κ3) is 2.51. The van der Waals surface area contributed by atoms with Crippen LogP contribution in [0, 0.1) is 10.8 Å². The number of hydrogen-bond acceptors (Lipinski definition) is 6. The van der Waals surface area contributed by atoms with Gasteiger partial charge in [-0.05, 0) is 43.9 Å². The normalized spacial score (nSPS) is 27.4. The van der Waals surface area contributed by atoms with Crippen molar-refractivity contribution in [3.8, 4) is 0 Å². The maximum absolute atomic E-state index is 12.7. The molecule has 3 aliphatic rings. The number of H-pyrrole nitrogens is 1. The Morgan fingerprint density at radius 3 is 2.58 bits per heavy atom. The highest BCUT2D eigenvalue weighted by atomic mass is 16.5. The first-order valence-corrected chi connectivity index (χ1v) is 8.93. The van der Waals surface area contributed by atoms with Gasteiger partial charge < -0.3 is 20.8 Å². The van der Waals surface area contributed by atoms with Crippen molar-refractivity contribution in [1.29, 1.82) is 0 Å². The van der Waals surface area contributed by atoms with E-state index in [0.29, 0.717) is 29.0 Å². The van der Waals surface area contributed by atoms with E-state index in [1.165, 1.54) is 13.4 Å². The largest absolute Gasteiger partial charge is 0.469 e. The first kappa shape index (κ1) is 16.8. The zero-order valence-corrected chi connectivity index (χ0v) is 14.8. The molecule has 0 saturated heterocycles. The molecule has 8 heteroatoms. The molecule has 2 heterocycles. The third-order valence-electron chi connectivity index (χ3n) is 6.35. The lowest BCUT2D eigenvalue weighted by Gasteiger charge is -2.51.